The fraction of sp³-hybridized carbons (Fsp3) is 0.385. The maximum absolute atomic E-state index is 13.2. The van der Waals surface area contributed by atoms with Gasteiger partial charge in [0.2, 0.25) is 5.91 Å². The van der Waals surface area contributed by atoms with E-state index in [0.717, 1.165) is 17.5 Å². The van der Waals surface area contributed by atoms with Crippen LogP contribution in [0.1, 0.15) is 58.1 Å². The molecule has 0 aliphatic carbocycles. The van der Waals surface area contributed by atoms with Crippen molar-refractivity contribution in [1.82, 2.24) is 5.32 Å². The zero-order valence-electron chi connectivity index (χ0n) is 18.2. The second-order valence-corrected chi connectivity index (χ2v) is 8.13. The molecule has 0 radical (unpaired) electrons. The lowest BCUT2D eigenvalue weighted by Crippen LogP contribution is -2.36. The highest BCUT2D eigenvalue weighted by Crippen LogP contribution is 2.27. The van der Waals surface area contributed by atoms with Crippen LogP contribution in [0, 0.1) is 17.8 Å². The number of carbonyl (C=O) groups excluding carboxylic acids is 2. The Kier molecular flexibility index (Phi) is 8.38. The Labute approximate surface area is 175 Å². The number of ketones is 1. The summed E-state index contributed by atoms with van der Waals surface area (Å²) in [6, 6.07) is 19.5. The summed E-state index contributed by atoms with van der Waals surface area (Å²) in [6.07, 6.45) is 2.51. The van der Waals surface area contributed by atoms with E-state index in [1.54, 1.807) is 13.0 Å². The van der Waals surface area contributed by atoms with Crippen molar-refractivity contribution in [3.8, 4) is 0 Å². The van der Waals surface area contributed by atoms with Gasteiger partial charge in [0.15, 0.2) is 5.78 Å². The minimum atomic E-state index is -0.389. The third-order valence-corrected chi connectivity index (χ3v) is 5.51. The van der Waals surface area contributed by atoms with Crippen molar-refractivity contribution in [2.45, 2.75) is 47.0 Å². The molecule has 2 rings (SSSR count). The molecule has 3 heteroatoms. The molecule has 0 saturated carbocycles. The normalized spacial score (nSPS) is 14.0. The molecule has 0 heterocycles. The Morgan fingerprint density at radius 1 is 0.897 bits per heavy atom. The number of benzene rings is 2. The van der Waals surface area contributed by atoms with E-state index in [2.05, 4.69) is 33.0 Å². The van der Waals surface area contributed by atoms with Crippen molar-refractivity contribution in [2.24, 2.45) is 17.8 Å². The monoisotopic (exact) mass is 391 g/mol. The van der Waals surface area contributed by atoms with Crippen LogP contribution in [-0.2, 0) is 9.59 Å². The van der Waals surface area contributed by atoms with E-state index >= 15 is 0 Å². The lowest BCUT2D eigenvalue weighted by molar-refractivity contribution is -0.127. The molecule has 2 aromatic rings. The number of allylic oxidation sites excluding steroid dienone is 2. The van der Waals surface area contributed by atoms with E-state index in [4.69, 9.17) is 0 Å². The molecule has 0 fully saturated rings. The molecule has 2 aromatic carbocycles. The SMILES string of the molecule is CCC(C)C(C(=O)N/C(C)=C\C(=O)C(c1ccccc1)c1ccccc1)C(C)C. The van der Waals surface area contributed by atoms with Crippen LogP contribution in [0.25, 0.3) is 0 Å². The van der Waals surface area contributed by atoms with Gasteiger partial charge in [0.25, 0.3) is 0 Å². The molecule has 1 N–H and O–H groups in total. The summed E-state index contributed by atoms with van der Waals surface area (Å²) in [6.45, 7) is 10.1. The van der Waals surface area contributed by atoms with Gasteiger partial charge in [-0.2, -0.15) is 0 Å². The molecule has 0 spiro atoms. The van der Waals surface area contributed by atoms with Crippen LogP contribution in [0.15, 0.2) is 72.4 Å². The Morgan fingerprint density at radius 2 is 1.38 bits per heavy atom. The highest BCUT2D eigenvalue weighted by Gasteiger charge is 2.27. The van der Waals surface area contributed by atoms with Crippen molar-refractivity contribution in [1.29, 1.82) is 0 Å². The van der Waals surface area contributed by atoms with E-state index in [0.29, 0.717) is 11.6 Å². The Balaban J connectivity index is 2.25. The lowest BCUT2D eigenvalue weighted by atomic mass is 9.82. The molecule has 1 amide bonds. The topological polar surface area (TPSA) is 46.2 Å². The molecule has 2 unspecified atom stereocenters. The molecular weight excluding hydrogens is 358 g/mol. The molecule has 0 aliphatic rings. The van der Waals surface area contributed by atoms with Crippen LogP contribution in [0.5, 0.6) is 0 Å². The van der Waals surface area contributed by atoms with Gasteiger partial charge >= 0.3 is 0 Å². The third-order valence-electron chi connectivity index (χ3n) is 5.51. The first kappa shape index (κ1) is 22.6. The summed E-state index contributed by atoms with van der Waals surface area (Å²) in [4.78, 5) is 26.0. The minimum Gasteiger partial charge on any atom is -0.330 e. The molecule has 0 bridgehead atoms. The quantitative estimate of drug-likeness (QED) is 0.555. The number of carbonyl (C=O) groups is 2. The Bertz CT molecular complexity index is 785. The zero-order chi connectivity index (χ0) is 21.4. The van der Waals surface area contributed by atoms with E-state index in [-0.39, 0.29) is 29.4 Å². The van der Waals surface area contributed by atoms with E-state index in [1.165, 1.54) is 0 Å². The highest BCUT2D eigenvalue weighted by molar-refractivity contribution is 5.98. The summed E-state index contributed by atoms with van der Waals surface area (Å²) in [5, 5.41) is 2.97. The van der Waals surface area contributed by atoms with Crippen LogP contribution >= 0.6 is 0 Å². The van der Waals surface area contributed by atoms with Gasteiger partial charge in [0, 0.05) is 17.7 Å². The Morgan fingerprint density at radius 3 is 1.79 bits per heavy atom. The van der Waals surface area contributed by atoms with Gasteiger partial charge < -0.3 is 5.32 Å². The second-order valence-electron chi connectivity index (χ2n) is 8.13. The lowest BCUT2D eigenvalue weighted by Gasteiger charge is -2.26. The molecule has 154 valence electrons. The molecule has 3 nitrogen and oxygen atoms in total. The maximum atomic E-state index is 13.2. The average molecular weight is 392 g/mol. The first-order chi connectivity index (χ1) is 13.8. The molecule has 0 saturated heterocycles. The number of rotatable bonds is 9. The van der Waals surface area contributed by atoms with Gasteiger partial charge in [-0.1, -0.05) is 94.8 Å². The van der Waals surface area contributed by atoms with Crippen molar-refractivity contribution >= 4 is 11.7 Å². The molecular formula is C26H33NO2. The van der Waals surface area contributed by atoms with Crippen LogP contribution in [-0.4, -0.2) is 11.7 Å². The van der Waals surface area contributed by atoms with Crippen LogP contribution in [0.2, 0.25) is 0 Å². The largest absolute Gasteiger partial charge is 0.330 e. The minimum absolute atomic E-state index is 0.00753. The maximum Gasteiger partial charge on any atom is 0.227 e. The summed E-state index contributed by atoms with van der Waals surface area (Å²) in [5.41, 5.74) is 2.48. The first-order valence-corrected chi connectivity index (χ1v) is 10.5. The smallest absolute Gasteiger partial charge is 0.227 e. The number of hydrogen-bond donors (Lipinski definition) is 1. The van der Waals surface area contributed by atoms with Crippen molar-refractivity contribution in [2.75, 3.05) is 0 Å². The number of hydrogen-bond acceptors (Lipinski definition) is 2. The molecule has 0 aromatic heterocycles. The predicted molar refractivity (Wildman–Crippen MR) is 119 cm³/mol. The zero-order valence-corrected chi connectivity index (χ0v) is 18.2. The highest BCUT2D eigenvalue weighted by atomic mass is 16.2. The van der Waals surface area contributed by atoms with Gasteiger partial charge in [-0.15, -0.1) is 0 Å². The summed E-state index contributed by atoms with van der Waals surface area (Å²) in [7, 11) is 0. The van der Waals surface area contributed by atoms with Crippen molar-refractivity contribution in [3.63, 3.8) is 0 Å². The summed E-state index contributed by atoms with van der Waals surface area (Å²) < 4.78 is 0. The van der Waals surface area contributed by atoms with E-state index < -0.39 is 0 Å². The van der Waals surface area contributed by atoms with Gasteiger partial charge in [0.05, 0.1) is 5.92 Å². The fourth-order valence-electron chi connectivity index (χ4n) is 3.89. The molecule has 29 heavy (non-hydrogen) atoms. The van der Waals surface area contributed by atoms with Crippen molar-refractivity contribution < 1.29 is 9.59 Å². The first-order valence-electron chi connectivity index (χ1n) is 10.5. The standard InChI is InChI=1S/C26H33NO2/c1-6-19(4)24(18(2)3)26(29)27-20(5)17-23(28)25(21-13-9-7-10-14-21)22-15-11-8-12-16-22/h7-19,24-25H,6H2,1-5H3,(H,27,29)/b20-17-. The van der Waals surface area contributed by atoms with Crippen molar-refractivity contribution in [3.05, 3.63) is 83.6 Å². The Hall–Kier alpha value is -2.68. The summed E-state index contributed by atoms with van der Waals surface area (Å²) in [5.74, 6) is 0.0312. The van der Waals surface area contributed by atoms with Crippen LogP contribution < -0.4 is 5.32 Å². The van der Waals surface area contributed by atoms with E-state index in [9.17, 15) is 9.59 Å². The predicted octanol–water partition coefficient (Wildman–Crippen LogP) is 5.73. The van der Waals surface area contributed by atoms with Crippen LogP contribution in [0.4, 0.5) is 0 Å². The van der Waals surface area contributed by atoms with Gasteiger partial charge in [-0.05, 0) is 29.9 Å². The fourth-order valence-corrected chi connectivity index (χ4v) is 3.89. The van der Waals surface area contributed by atoms with Gasteiger partial charge in [-0.3, -0.25) is 9.59 Å². The average Bonchev–Trinajstić information content (AvgIpc) is 2.69. The third kappa shape index (κ3) is 6.15. The molecule has 2 atom stereocenters. The number of nitrogens with one attached hydrogen (secondary N) is 1. The summed E-state index contributed by atoms with van der Waals surface area (Å²) >= 11 is 0. The second kappa shape index (κ2) is 10.8. The van der Waals surface area contributed by atoms with Gasteiger partial charge in [-0.25, -0.2) is 0 Å². The van der Waals surface area contributed by atoms with Gasteiger partial charge in [0.1, 0.15) is 0 Å². The van der Waals surface area contributed by atoms with Crippen LogP contribution in [0.3, 0.4) is 0 Å². The van der Waals surface area contributed by atoms with E-state index in [1.807, 2.05) is 60.7 Å². The molecule has 0 aliphatic heterocycles. The number of amides is 1.